The van der Waals surface area contributed by atoms with Crippen molar-refractivity contribution in [3.8, 4) is 11.4 Å². The van der Waals surface area contributed by atoms with Crippen LogP contribution in [0, 0.1) is 6.92 Å². The number of benzene rings is 1. The third-order valence-corrected chi connectivity index (χ3v) is 3.11. The van der Waals surface area contributed by atoms with Gasteiger partial charge in [-0.1, -0.05) is 30.3 Å². The molecule has 3 aromatic rings. The van der Waals surface area contributed by atoms with E-state index >= 15 is 0 Å². The van der Waals surface area contributed by atoms with Crippen LogP contribution in [0.3, 0.4) is 0 Å². The molecule has 3 rings (SSSR count). The van der Waals surface area contributed by atoms with E-state index in [0.29, 0.717) is 6.54 Å². The van der Waals surface area contributed by atoms with Gasteiger partial charge in [-0.05, 0) is 18.6 Å². The Morgan fingerprint density at radius 2 is 2.00 bits per heavy atom. The van der Waals surface area contributed by atoms with Crippen LogP contribution in [0.5, 0.6) is 0 Å². The van der Waals surface area contributed by atoms with Crippen LogP contribution in [-0.2, 0) is 6.54 Å². The molecule has 0 aliphatic rings. The molecule has 2 heterocycles. The van der Waals surface area contributed by atoms with Gasteiger partial charge in [0.25, 0.3) is 0 Å². The van der Waals surface area contributed by atoms with Crippen molar-refractivity contribution in [2.75, 3.05) is 6.54 Å². The van der Waals surface area contributed by atoms with E-state index in [0.717, 1.165) is 34.7 Å². The number of imidazole rings is 1. The van der Waals surface area contributed by atoms with Gasteiger partial charge in [0.1, 0.15) is 11.3 Å². The van der Waals surface area contributed by atoms with Crippen LogP contribution in [-0.4, -0.2) is 21.1 Å². The third kappa shape index (κ3) is 2.11. The van der Waals surface area contributed by atoms with Gasteiger partial charge in [-0.3, -0.25) is 0 Å². The summed E-state index contributed by atoms with van der Waals surface area (Å²) in [5.74, 6) is 0.930. The van der Waals surface area contributed by atoms with E-state index in [1.54, 1.807) is 0 Å². The molecule has 0 amide bonds. The number of hydrogen-bond acceptors (Lipinski definition) is 3. The molecule has 0 saturated heterocycles. The Balaban J connectivity index is 2.26. The first kappa shape index (κ1) is 11.9. The van der Waals surface area contributed by atoms with Crippen LogP contribution in [0.15, 0.2) is 42.6 Å². The Bertz CT molecular complexity index is 701. The number of hydrogen-bond donors (Lipinski definition) is 1. The molecule has 0 aliphatic heterocycles. The Labute approximate surface area is 111 Å². The molecule has 2 aromatic heterocycles. The lowest BCUT2D eigenvalue weighted by molar-refractivity contribution is 0.729. The number of aryl methyl sites for hydroxylation is 1. The van der Waals surface area contributed by atoms with Gasteiger partial charge in [0.05, 0.1) is 0 Å². The van der Waals surface area contributed by atoms with Crippen molar-refractivity contribution in [2.24, 2.45) is 5.73 Å². The van der Waals surface area contributed by atoms with Crippen molar-refractivity contribution in [3.63, 3.8) is 0 Å². The minimum Gasteiger partial charge on any atom is -0.329 e. The molecular formula is C15H16N4. The van der Waals surface area contributed by atoms with Gasteiger partial charge < -0.3 is 10.3 Å². The summed E-state index contributed by atoms with van der Waals surface area (Å²) in [5, 5.41) is 0. The Kier molecular flexibility index (Phi) is 3.01. The van der Waals surface area contributed by atoms with E-state index in [1.165, 1.54) is 0 Å². The SMILES string of the molecule is Cc1cnc2c(c1)nc(-c1ccccc1)n2CCN. The van der Waals surface area contributed by atoms with Gasteiger partial charge in [0.2, 0.25) is 0 Å². The highest BCUT2D eigenvalue weighted by Crippen LogP contribution is 2.23. The van der Waals surface area contributed by atoms with Gasteiger partial charge >= 0.3 is 0 Å². The van der Waals surface area contributed by atoms with Gasteiger partial charge in [0, 0.05) is 24.8 Å². The molecule has 0 atom stereocenters. The van der Waals surface area contributed by atoms with Crippen LogP contribution in [0.1, 0.15) is 5.56 Å². The monoisotopic (exact) mass is 252 g/mol. The standard InChI is InChI=1S/C15H16N4/c1-11-9-13-15(17-10-11)19(8-7-16)14(18-13)12-5-3-2-4-6-12/h2-6,9-10H,7-8,16H2,1H3. The molecule has 0 bridgehead atoms. The van der Waals surface area contributed by atoms with Crippen molar-refractivity contribution in [3.05, 3.63) is 48.2 Å². The second-order valence-electron chi connectivity index (χ2n) is 4.60. The Morgan fingerprint density at radius 3 is 2.74 bits per heavy atom. The van der Waals surface area contributed by atoms with Gasteiger partial charge in [-0.2, -0.15) is 0 Å². The zero-order valence-electron chi connectivity index (χ0n) is 10.9. The molecule has 0 saturated carbocycles. The van der Waals surface area contributed by atoms with E-state index in [4.69, 9.17) is 10.7 Å². The van der Waals surface area contributed by atoms with Crippen molar-refractivity contribution >= 4 is 11.2 Å². The summed E-state index contributed by atoms with van der Waals surface area (Å²) in [6, 6.07) is 12.2. The highest BCUT2D eigenvalue weighted by atomic mass is 15.1. The average molecular weight is 252 g/mol. The molecule has 0 unspecified atom stereocenters. The molecule has 1 aromatic carbocycles. The van der Waals surface area contributed by atoms with Gasteiger partial charge in [-0.25, -0.2) is 9.97 Å². The van der Waals surface area contributed by atoms with Crippen molar-refractivity contribution in [1.82, 2.24) is 14.5 Å². The predicted molar refractivity (Wildman–Crippen MR) is 76.8 cm³/mol. The Hall–Kier alpha value is -2.20. The van der Waals surface area contributed by atoms with E-state index in [-0.39, 0.29) is 0 Å². The van der Waals surface area contributed by atoms with Crippen molar-refractivity contribution < 1.29 is 0 Å². The maximum Gasteiger partial charge on any atom is 0.160 e. The fourth-order valence-corrected chi connectivity index (χ4v) is 2.26. The van der Waals surface area contributed by atoms with Crippen LogP contribution >= 0.6 is 0 Å². The normalized spacial score (nSPS) is 11.1. The van der Waals surface area contributed by atoms with E-state index in [9.17, 15) is 0 Å². The van der Waals surface area contributed by atoms with Gasteiger partial charge in [0.15, 0.2) is 5.65 Å². The van der Waals surface area contributed by atoms with E-state index in [1.807, 2.05) is 31.3 Å². The second kappa shape index (κ2) is 4.82. The number of pyridine rings is 1. The quantitative estimate of drug-likeness (QED) is 0.778. The molecule has 19 heavy (non-hydrogen) atoms. The number of aromatic nitrogens is 3. The molecule has 4 nitrogen and oxygen atoms in total. The lowest BCUT2D eigenvalue weighted by Gasteiger charge is -2.06. The first-order chi connectivity index (χ1) is 9.29. The van der Waals surface area contributed by atoms with Gasteiger partial charge in [-0.15, -0.1) is 0 Å². The smallest absolute Gasteiger partial charge is 0.160 e. The zero-order chi connectivity index (χ0) is 13.2. The molecule has 2 N–H and O–H groups in total. The summed E-state index contributed by atoms with van der Waals surface area (Å²) in [4.78, 5) is 9.20. The third-order valence-electron chi connectivity index (χ3n) is 3.11. The second-order valence-corrected chi connectivity index (χ2v) is 4.60. The molecule has 96 valence electrons. The highest BCUT2D eigenvalue weighted by molar-refractivity contribution is 5.77. The fraction of sp³-hybridized carbons (Fsp3) is 0.200. The molecule has 0 spiro atoms. The Morgan fingerprint density at radius 1 is 1.21 bits per heavy atom. The number of nitrogens with zero attached hydrogens (tertiary/aromatic N) is 3. The van der Waals surface area contributed by atoms with Crippen LogP contribution < -0.4 is 5.73 Å². The summed E-state index contributed by atoms with van der Waals surface area (Å²) in [5.41, 5.74) is 9.74. The summed E-state index contributed by atoms with van der Waals surface area (Å²) >= 11 is 0. The minimum absolute atomic E-state index is 0.570. The number of nitrogens with two attached hydrogens (primary N) is 1. The van der Waals surface area contributed by atoms with Crippen molar-refractivity contribution in [1.29, 1.82) is 0 Å². The summed E-state index contributed by atoms with van der Waals surface area (Å²) < 4.78 is 2.09. The summed E-state index contributed by atoms with van der Waals surface area (Å²) in [6.07, 6.45) is 1.87. The van der Waals surface area contributed by atoms with E-state index in [2.05, 4.69) is 27.8 Å². The first-order valence-electron chi connectivity index (χ1n) is 6.38. The van der Waals surface area contributed by atoms with Crippen LogP contribution in [0.4, 0.5) is 0 Å². The maximum atomic E-state index is 5.71. The largest absolute Gasteiger partial charge is 0.329 e. The number of fused-ring (bicyclic) bond motifs is 1. The highest BCUT2D eigenvalue weighted by Gasteiger charge is 2.12. The predicted octanol–water partition coefficient (Wildman–Crippen LogP) is 2.37. The first-order valence-corrected chi connectivity index (χ1v) is 6.38. The summed E-state index contributed by atoms with van der Waals surface area (Å²) in [7, 11) is 0. The van der Waals surface area contributed by atoms with E-state index < -0.39 is 0 Å². The number of rotatable bonds is 3. The molecule has 0 radical (unpaired) electrons. The van der Waals surface area contributed by atoms with Crippen LogP contribution in [0.2, 0.25) is 0 Å². The minimum atomic E-state index is 0.570. The average Bonchev–Trinajstić information content (AvgIpc) is 2.78. The lowest BCUT2D eigenvalue weighted by atomic mass is 10.2. The maximum absolute atomic E-state index is 5.71. The topological polar surface area (TPSA) is 56.7 Å². The molecule has 0 fully saturated rings. The fourth-order valence-electron chi connectivity index (χ4n) is 2.26. The molecule has 0 aliphatic carbocycles. The van der Waals surface area contributed by atoms with Crippen LogP contribution in [0.25, 0.3) is 22.6 Å². The molecule has 4 heteroatoms. The summed E-state index contributed by atoms with van der Waals surface area (Å²) in [6.45, 7) is 3.31. The van der Waals surface area contributed by atoms with Crippen molar-refractivity contribution in [2.45, 2.75) is 13.5 Å². The lowest BCUT2D eigenvalue weighted by Crippen LogP contribution is -2.11. The zero-order valence-corrected chi connectivity index (χ0v) is 10.9. The molecular weight excluding hydrogens is 236 g/mol.